The van der Waals surface area contributed by atoms with Crippen LogP contribution < -0.4 is 10.6 Å². The molecule has 0 aliphatic carbocycles. The highest BCUT2D eigenvalue weighted by molar-refractivity contribution is 7.10. The Morgan fingerprint density at radius 1 is 1.17 bits per heavy atom. The van der Waals surface area contributed by atoms with E-state index in [0.717, 1.165) is 45.4 Å². The van der Waals surface area contributed by atoms with Gasteiger partial charge in [-0.2, -0.15) is 0 Å². The van der Waals surface area contributed by atoms with Gasteiger partial charge in [-0.3, -0.25) is 4.90 Å². The quantitative estimate of drug-likeness (QED) is 0.486. The molecule has 0 radical (unpaired) electrons. The lowest BCUT2D eigenvalue weighted by Gasteiger charge is -2.34. The average molecular weight is 417 g/mol. The van der Waals surface area contributed by atoms with Gasteiger partial charge in [0.15, 0.2) is 5.96 Å². The van der Waals surface area contributed by atoms with E-state index in [0.29, 0.717) is 19.2 Å². The molecule has 1 saturated heterocycles. The second-order valence-corrected chi connectivity index (χ2v) is 7.98. The first kappa shape index (κ1) is 21.8. The molecule has 6 nitrogen and oxygen atoms in total. The van der Waals surface area contributed by atoms with E-state index in [4.69, 9.17) is 14.5 Å². The predicted molar refractivity (Wildman–Crippen MR) is 119 cm³/mol. The summed E-state index contributed by atoms with van der Waals surface area (Å²) in [6.07, 6.45) is 0. The molecule has 1 aromatic carbocycles. The van der Waals surface area contributed by atoms with Gasteiger partial charge in [-0.05, 0) is 29.5 Å². The van der Waals surface area contributed by atoms with Gasteiger partial charge in [0, 0.05) is 38.2 Å². The van der Waals surface area contributed by atoms with Gasteiger partial charge in [-0.15, -0.1) is 11.3 Å². The monoisotopic (exact) mass is 416 g/mol. The molecule has 1 aliphatic rings. The van der Waals surface area contributed by atoms with Crippen molar-refractivity contribution in [2.45, 2.75) is 26.1 Å². The van der Waals surface area contributed by atoms with E-state index in [9.17, 15) is 0 Å². The molecule has 0 saturated carbocycles. The molecular formula is C22H32N4O2S. The van der Waals surface area contributed by atoms with E-state index < -0.39 is 0 Å². The van der Waals surface area contributed by atoms with Crippen molar-refractivity contribution in [3.63, 3.8) is 0 Å². The van der Waals surface area contributed by atoms with Crippen molar-refractivity contribution in [3.05, 3.63) is 57.8 Å². The molecule has 0 bridgehead atoms. The highest BCUT2D eigenvalue weighted by Gasteiger charge is 2.23. The third-order valence-electron chi connectivity index (χ3n) is 4.92. The van der Waals surface area contributed by atoms with Crippen molar-refractivity contribution in [1.29, 1.82) is 0 Å². The standard InChI is InChI=1S/C22H32N4O2S/c1-3-23-22(24-15-18-6-8-19(9-7-18)17-27-2)25-16-20(21-5-4-14-29-21)26-10-12-28-13-11-26/h4-9,14,20H,3,10-13,15-17H2,1-2H3,(H2,23,24,25). The fourth-order valence-electron chi connectivity index (χ4n) is 3.39. The molecule has 2 N–H and O–H groups in total. The van der Waals surface area contributed by atoms with Crippen molar-refractivity contribution in [1.82, 2.24) is 15.5 Å². The summed E-state index contributed by atoms with van der Waals surface area (Å²) < 4.78 is 10.7. The van der Waals surface area contributed by atoms with Crippen LogP contribution in [0.5, 0.6) is 0 Å². The Labute approximate surface area is 177 Å². The largest absolute Gasteiger partial charge is 0.380 e. The molecular weight excluding hydrogens is 384 g/mol. The zero-order valence-corrected chi connectivity index (χ0v) is 18.2. The van der Waals surface area contributed by atoms with Crippen LogP contribution in [0.1, 0.15) is 29.0 Å². The summed E-state index contributed by atoms with van der Waals surface area (Å²) in [4.78, 5) is 8.66. The Kier molecular flexibility index (Phi) is 8.95. The van der Waals surface area contributed by atoms with Crippen molar-refractivity contribution >= 4 is 17.3 Å². The van der Waals surface area contributed by atoms with Crippen molar-refractivity contribution in [2.24, 2.45) is 4.99 Å². The van der Waals surface area contributed by atoms with E-state index in [1.165, 1.54) is 16.0 Å². The number of aliphatic imine (C=N–C) groups is 1. The number of nitrogens with zero attached hydrogens (tertiary/aromatic N) is 2. The lowest BCUT2D eigenvalue weighted by Crippen LogP contribution is -2.46. The zero-order chi connectivity index (χ0) is 20.3. The molecule has 2 heterocycles. The first-order valence-electron chi connectivity index (χ1n) is 10.2. The molecule has 158 valence electrons. The lowest BCUT2D eigenvalue weighted by molar-refractivity contribution is 0.0177. The number of morpholine rings is 1. The number of thiophene rings is 1. The summed E-state index contributed by atoms with van der Waals surface area (Å²) in [5.74, 6) is 0.850. The van der Waals surface area contributed by atoms with Crippen LogP contribution in [-0.4, -0.2) is 57.4 Å². The van der Waals surface area contributed by atoms with Crippen LogP contribution in [0.15, 0.2) is 46.8 Å². The van der Waals surface area contributed by atoms with Gasteiger partial charge >= 0.3 is 0 Å². The third-order valence-corrected chi connectivity index (χ3v) is 5.89. The fraction of sp³-hybridized carbons (Fsp3) is 0.500. The minimum atomic E-state index is 0.330. The fourth-order valence-corrected chi connectivity index (χ4v) is 4.25. The highest BCUT2D eigenvalue weighted by Crippen LogP contribution is 2.25. The summed E-state index contributed by atoms with van der Waals surface area (Å²) in [5, 5.41) is 9.07. The number of rotatable bonds is 9. The summed E-state index contributed by atoms with van der Waals surface area (Å²) in [7, 11) is 1.72. The minimum Gasteiger partial charge on any atom is -0.380 e. The summed E-state index contributed by atoms with van der Waals surface area (Å²) >= 11 is 1.81. The topological polar surface area (TPSA) is 58.1 Å². The van der Waals surface area contributed by atoms with Crippen LogP contribution >= 0.6 is 11.3 Å². The normalized spacial score (nSPS) is 16.6. The number of guanidine groups is 1. The van der Waals surface area contributed by atoms with Crippen molar-refractivity contribution in [3.8, 4) is 0 Å². The lowest BCUT2D eigenvalue weighted by atomic mass is 10.1. The first-order valence-corrected chi connectivity index (χ1v) is 11.1. The molecule has 0 spiro atoms. The number of methoxy groups -OCH3 is 1. The average Bonchev–Trinajstić information content (AvgIpc) is 3.29. The molecule has 1 atom stereocenters. The molecule has 1 aliphatic heterocycles. The molecule has 2 aromatic rings. The molecule has 3 rings (SSSR count). The van der Waals surface area contributed by atoms with Crippen LogP contribution in [0.4, 0.5) is 0 Å². The third kappa shape index (κ3) is 6.82. The van der Waals surface area contributed by atoms with Gasteiger partial charge in [0.05, 0.1) is 32.4 Å². The summed E-state index contributed by atoms with van der Waals surface area (Å²) in [6, 6.07) is 13.1. The van der Waals surface area contributed by atoms with E-state index in [1.54, 1.807) is 7.11 Å². The second-order valence-electron chi connectivity index (χ2n) is 7.01. The Balaban J connectivity index is 1.62. The maximum absolute atomic E-state index is 5.54. The van der Waals surface area contributed by atoms with Crippen LogP contribution in [0, 0.1) is 0 Å². The van der Waals surface area contributed by atoms with Gasteiger partial charge in [0.25, 0.3) is 0 Å². The Bertz CT molecular complexity index is 728. The minimum absolute atomic E-state index is 0.330. The predicted octanol–water partition coefficient (Wildman–Crippen LogP) is 3.02. The Morgan fingerprint density at radius 3 is 2.59 bits per heavy atom. The zero-order valence-electron chi connectivity index (χ0n) is 17.4. The smallest absolute Gasteiger partial charge is 0.191 e. The number of nitrogens with one attached hydrogen (secondary N) is 2. The number of benzene rings is 1. The van der Waals surface area contributed by atoms with E-state index in [1.807, 2.05) is 11.3 Å². The Hall–Kier alpha value is -1.93. The SMILES string of the molecule is CCNC(=NCc1ccc(COC)cc1)NCC(c1cccs1)N1CCOCC1. The van der Waals surface area contributed by atoms with Gasteiger partial charge in [0.1, 0.15) is 0 Å². The van der Waals surface area contributed by atoms with Crippen LogP contribution in [-0.2, 0) is 22.6 Å². The first-order chi connectivity index (χ1) is 14.3. The molecule has 7 heteroatoms. The van der Waals surface area contributed by atoms with Crippen molar-refractivity contribution < 1.29 is 9.47 Å². The maximum Gasteiger partial charge on any atom is 0.191 e. The second kappa shape index (κ2) is 11.9. The van der Waals surface area contributed by atoms with E-state index in [2.05, 4.69) is 64.2 Å². The molecule has 29 heavy (non-hydrogen) atoms. The Morgan fingerprint density at radius 2 is 1.93 bits per heavy atom. The van der Waals surface area contributed by atoms with E-state index >= 15 is 0 Å². The highest BCUT2D eigenvalue weighted by atomic mass is 32.1. The van der Waals surface area contributed by atoms with Crippen LogP contribution in [0.2, 0.25) is 0 Å². The van der Waals surface area contributed by atoms with E-state index in [-0.39, 0.29) is 0 Å². The summed E-state index contributed by atoms with van der Waals surface area (Å²) in [5.41, 5.74) is 2.36. The van der Waals surface area contributed by atoms with Crippen LogP contribution in [0.3, 0.4) is 0 Å². The number of hydrogen-bond acceptors (Lipinski definition) is 5. The van der Waals surface area contributed by atoms with Gasteiger partial charge in [-0.1, -0.05) is 30.3 Å². The number of ether oxygens (including phenoxy) is 2. The van der Waals surface area contributed by atoms with Crippen molar-refractivity contribution in [2.75, 3.05) is 46.5 Å². The molecule has 1 fully saturated rings. The van der Waals surface area contributed by atoms with Crippen LogP contribution in [0.25, 0.3) is 0 Å². The number of hydrogen-bond donors (Lipinski definition) is 2. The molecule has 1 unspecified atom stereocenters. The van der Waals surface area contributed by atoms with Gasteiger partial charge in [-0.25, -0.2) is 4.99 Å². The molecule has 1 aromatic heterocycles. The summed E-state index contributed by atoms with van der Waals surface area (Å²) in [6.45, 7) is 8.55. The molecule has 0 amide bonds. The van der Waals surface area contributed by atoms with Gasteiger partial charge < -0.3 is 20.1 Å². The van der Waals surface area contributed by atoms with Gasteiger partial charge in [0.2, 0.25) is 0 Å². The maximum atomic E-state index is 5.54.